The van der Waals surface area contributed by atoms with E-state index in [1.54, 1.807) is 30.3 Å². The fraction of sp³-hybridized carbons (Fsp3) is 0.222. The van der Waals surface area contributed by atoms with Gasteiger partial charge in [0.1, 0.15) is 5.82 Å². The maximum Gasteiger partial charge on any atom is 0.319 e. The lowest BCUT2D eigenvalue weighted by Gasteiger charge is -2.21. The molecule has 0 aromatic heterocycles. The van der Waals surface area contributed by atoms with E-state index in [4.69, 9.17) is 0 Å². The van der Waals surface area contributed by atoms with Crippen LogP contribution >= 0.6 is 0 Å². The second kappa shape index (κ2) is 8.67. The lowest BCUT2D eigenvalue weighted by molar-refractivity contribution is -0.129. The van der Waals surface area contributed by atoms with Gasteiger partial charge in [0.15, 0.2) is 0 Å². The molecule has 0 bridgehead atoms. The minimum atomic E-state index is -0.351. The summed E-state index contributed by atoms with van der Waals surface area (Å²) < 4.78 is 13.7. The number of carbonyl (C=O) groups excluding carboxylic acids is 2. The van der Waals surface area contributed by atoms with Crippen molar-refractivity contribution in [3.05, 3.63) is 66.0 Å². The van der Waals surface area contributed by atoms with Crippen LogP contribution in [-0.2, 0) is 11.3 Å². The molecule has 0 fully saturated rings. The van der Waals surface area contributed by atoms with E-state index in [9.17, 15) is 14.0 Å². The third-order valence-corrected chi connectivity index (χ3v) is 3.46. The summed E-state index contributed by atoms with van der Waals surface area (Å²) >= 11 is 0. The Labute approximate surface area is 140 Å². The first-order valence-electron chi connectivity index (χ1n) is 7.65. The van der Waals surface area contributed by atoms with Gasteiger partial charge in [-0.15, -0.1) is 0 Å². The van der Waals surface area contributed by atoms with Crippen LogP contribution in [0.25, 0.3) is 0 Å². The number of nitrogens with one attached hydrogen (secondary N) is 2. The zero-order valence-corrected chi connectivity index (χ0v) is 13.5. The molecule has 0 heterocycles. The summed E-state index contributed by atoms with van der Waals surface area (Å²) in [6, 6.07) is 15.0. The van der Waals surface area contributed by atoms with Crippen LogP contribution in [0.15, 0.2) is 54.6 Å². The number of carbonyl (C=O) groups is 2. The third kappa shape index (κ3) is 5.39. The van der Waals surface area contributed by atoms with E-state index in [-0.39, 0.29) is 30.8 Å². The molecule has 0 saturated heterocycles. The van der Waals surface area contributed by atoms with Gasteiger partial charge >= 0.3 is 6.03 Å². The topological polar surface area (TPSA) is 61.4 Å². The number of para-hydroxylation sites is 1. The zero-order chi connectivity index (χ0) is 17.4. The van der Waals surface area contributed by atoms with Gasteiger partial charge in [-0.1, -0.05) is 36.4 Å². The van der Waals surface area contributed by atoms with Crippen molar-refractivity contribution in [1.29, 1.82) is 0 Å². The summed E-state index contributed by atoms with van der Waals surface area (Å²) in [6.07, 6.45) is 0. The van der Waals surface area contributed by atoms with Crippen molar-refractivity contribution in [3.63, 3.8) is 0 Å². The van der Waals surface area contributed by atoms with E-state index in [1.165, 1.54) is 17.9 Å². The highest BCUT2D eigenvalue weighted by Gasteiger charge is 2.12. The quantitative estimate of drug-likeness (QED) is 0.856. The Bertz CT molecular complexity index is 692. The molecule has 2 aromatic carbocycles. The van der Waals surface area contributed by atoms with Crippen molar-refractivity contribution in [1.82, 2.24) is 10.2 Å². The van der Waals surface area contributed by atoms with Crippen molar-refractivity contribution in [2.24, 2.45) is 0 Å². The molecule has 2 rings (SSSR count). The average Bonchev–Trinajstić information content (AvgIpc) is 2.56. The molecule has 0 spiro atoms. The first-order valence-corrected chi connectivity index (χ1v) is 7.65. The van der Waals surface area contributed by atoms with Crippen molar-refractivity contribution in [2.45, 2.75) is 13.5 Å². The molecule has 0 radical (unpaired) electrons. The van der Waals surface area contributed by atoms with Gasteiger partial charge in [0.25, 0.3) is 0 Å². The Balaban J connectivity index is 1.82. The number of nitrogens with zero attached hydrogens (tertiary/aromatic N) is 1. The van der Waals surface area contributed by atoms with Crippen molar-refractivity contribution in [3.8, 4) is 0 Å². The van der Waals surface area contributed by atoms with Gasteiger partial charge in [-0.3, -0.25) is 4.79 Å². The molecule has 5 nitrogen and oxygen atoms in total. The van der Waals surface area contributed by atoms with E-state index in [1.807, 2.05) is 18.2 Å². The number of amides is 3. The molecule has 24 heavy (non-hydrogen) atoms. The molecule has 0 saturated carbocycles. The van der Waals surface area contributed by atoms with Gasteiger partial charge in [0.2, 0.25) is 5.91 Å². The lowest BCUT2D eigenvalue weighted by atomic mass is 10.2. The van der Waals surface area contributed by atoms with Crippen molar-refractivity contribution in [2.75, 3.05) is 18.4 Å². The first-order chi connectivity index (χ1) is 11.6. The second-order valence-corrected chi connectivity index (χ2v) is 5.28. The summed E-state index contributed by atoms with van der Waals surface area (Å²) in [7, 11) is 0. The normalized spacial score (nSPS) is 10.1. The number of rotatable bonds is 6. The molecule has 0 unspecified atom stereocenters. The lowest BCUT2D eigenvalue weighted by Crippen LogP contribution is -2.38. The number of urea groups is 1. The molecular weight excluding hydrogens is 309 g/mol. The summed E-state index contributed by atoms with van der Waals surface area (Å²) in [5.74, 6) is -0.526. The molecule has 0 atom stereocenters. The molecule has 6 heteroatoms. The Hall–Kier alpha value is -2.89. The fourth-order valence-corrected chi connectivity index (χ4v) is 2.18. The third-order valence-electron chi connectivity index (χ3n) is 3.46. The predicted molar refractivity (Wildman–Crippen MR) is 91.0 cm³/mol. The molecule has 3 amide bonds. The Kier molecular flexibility index (Phi) is 6.31. The Morgan fingerprint density at radius 1 is 1.04 bits per heavy atom. The fourth-order valence-electron chi connectivity index (χ4n) is 2.18. The zero-order valence-electron chi connectivity index (χ0n) is 13.5. The van der Waals surface area contributed by atoms with Gasteiger partial charge in [0, 0.05) is 37.8 Å². The number of anilines is 1. The highest BCUT2D eigenvalue weighted by Crippen LogP contribution is 2.10. The van der Waals surface area contributed by atoms with Gasteiger partial charge in [-0.25, -0.2) is 9.18 Å². The van der Waals surface area contributed by atoms with E-state index in [0.717, 1.165) is 0 Å². The van der Waals surface area contributed by atoms with Gasteiger partial charge in [-0.2, -0.15) is 0 Å². The summed E-state index contributed by atoms with van der Waals surface area (Å²) in [5.41, 5.74) is 1.13. The maximum atomic E-state index is 13.7. The van der Waals surface area contributed by atoms with Crippen molar-refractivity contribution < 1.29 is 14.0 Å². The average molecular weight is 329 g/mol. The van der Waals surface area contributed by atoms with Crippen LogP contribution in [0.1, 0.15) is 12.5 Å². The Morgan fingerprint density at radius 3 is 2.38 bits per heavy atom. The number of hydrogen-bond donors (Lipinski definition) is 2. The molecule has 2 N–H and O–H groups in total. The number of hydrogen-bond acceptors (Lipinski definition) is 2. The van der Waals surface area contributed by atoms with Crippen LogP contribution in [0.2, 0.25) is 0 Å². The predicted octanol–water partition coefficient (Wildman–Crippen LogP) is 3.00. The SMILES string of the molecule is CC(=O)N(CCNC(=O)Nc1ccccc1)Cc1ccccc1F. The molecule has 0 aliphatic heterocycles. The molecule has 2 aromatic rings. The molecule has 0 aliphatic carbocycles. The standard InChI is InChI=1S/C18H20FN3O2/c1-14(23)22(13-15-7-5-6-10-17(15)19)12-11-20-18(24)21-16-8-3-2-4-9-16/h2-10H,11-13H2,1H3,(H2,20,21,24). The first kappa shape index (κ1) is 17.5. The molecular formula is C18H20FN3O2. The smallest absolute Gasteiger partial charge is 0.319 e. The van der Waals surface area contributed by atoms with E-state index < -0.39 is 0 Å². The monoisotopic (exact) mass is 329 g/mol. The van der Waals surface area contributed by atoms with Crippen LogP contribution in [-0.4, -0.2) is 29.9 Å². The summed E-state index contributed by atoms with van der Waals surface area (Å²) in [4.78, 5) is 25.0. The van der Waals surface area contributed by atoms with E-state index in [0.29, 0.717) is 17.8 Å². The highest BCUT2D eigenvalue weighted by molar-refractivity contribution is 5.89. The second-order valence-electron chi connectivity index (χ2n) is 5.28. The van der Waals surface area contributed by atoms with Crippen molar-refractivity contribution >= 4 is 17.6 Å². The van der Waals surface area contributed by atoms with Gasteiger partial charge < -0.3 is 15.5 Å². The highest BCUT2D eigenvalue weighted by atomic mass is 19.1. The van der Waals surface area contributed by atoms with E-state index >= 15 is 0 Å². The van der Waals surface area contributed by atoms with E-state index in [2.05, 4.69) is 10.6 Å². The Morgan fingerprint density at radius 2 is 1.71 bits per heavy atom. The largest absolute Gasteiger partial charge is 0.337 e. The van der Waals surface area contributed by atoms with Crippen LogP contribution < -0.4 is 10.6 Å². The molecule has 0 aliphatic rings. The van der Waals surface area contributed by atoms with Crippen LogP contribution in [0.4, 0.5) is 14.9 Å². The minimum Gasteiger partial charge on any atom is -0.337 e. The summed E-state index contributed by atoms with van der Waals surface area (Å²) in [5, 5.41) is 5.37. The maximum absolute atomic E-state index is 13.7. The van der Waals surface area contributed by atoms with Gasteiger partial charge in [0.05, 0.1) is 0 Å². The van der Waals surface area contributed by atoms with Crippen LogP contribution in [0.3, 0.4) is 0 Å². The minimum absolute atomic E-state index is 0.171. The number of benzene rings is 2. The van der Waals surface area contributed by atoms with Crippen LogP contribution in [0, 0.1) is 5.82 Å². The number of halogens is 1. The summed E-state index contributed by atoms with van der Waals surface area (Å²) in [6.45, 7) is 2.16. The van der Waals surface area contributed by atoms with Gasteiger partial charge in [-0.05, 0) is 18.2 Å². The molecule has 126 valence electrons. The van der Waals surface area contributed by atoms with Crippen LogP contribution in [0.5, 0.6) is 0 Å².